The van der Waals surface area contributed by atoms with E-state index in [0.717, 1.165) is 0 Å². The van der Waals surface area contributed by atoms with Crippen molar-refractivity contribution in [1.82, 2.24) is 6.15 Å². The van der Waals surface area contributed by atoms with E-state index in [1.807, 2.05) is 0 Å². The van der Waals surface area contributed by atoms with Crippen LogP contribution in [-0.2, 0) is 0 Å². The van der Waals surface area contributed by atoms with Gasteiger partial charge in [0.2, 0.25) is 0 Å². The van der Waals surface area contributed by atoms with E-state index in [4.69, 9.17) is 0 Å². The minimum absolute atomic E-state index is 0. The molecule has 1 nitrogen and oxygen atoms in total. The van der Waals surface area contributed by atoms with Crippen molar-refractivity contribution in [3.8, 4) is 0 Å². The van der Waals surface area contributed by atoms with Crippen molar-refractivity contribution in [3.63, 3.8) is 0 Å². The Morgan fingerprint density at radius 2 is 1.20 bits per heavy atom. The second kappa shape index (κ2) is 4.26. The van der Waals surface area contributed by atoms with Gasteiger partial charge in [0.15, 0.2) is 0 Å². The van der Waals surface area contributed by atoms with Gasteiger partial charge in [0, 0.05) is 0 Å². The van der Waals surface area contributed by atoms with Crippen molar-refractivity contribution < 1.29 is 0 Å². The van der Waals surface area contributed by atoms with Gasteiger partial charge in [-0.3, -0.25) is 0 Å². The van der Waals surface area contributed by atoms with Gasteiger partial charge < -0.3 is 6.15 Å². The standard InChI is InChI=1S/C7H18BrI.H3N/c1-5-9(4,8,6-2)7-3;/h5-7H2,1-4H3;1H3. The third-order valence-corrected chi connectivity index (χ3v) is 23.5. The fourth-order valence-electron chi connectivity index (χ4n) is 0.567. The molecule has 0 unspecified atom stereocenters. The molecule has 0 aliphatic rings. The molecular formula is C7H21BrIN. The first-order valence-corrected chi connectivity index (χ1v) is 15.0. The van der Waals surface area contributed by atoms with Crippen molar-refractivity contribution in [3.05, 3.63) is 0 Å². The maximum atomic E-state index is 3.97. The molecule has 10 heavy (non-hydrogen) atoms. The SMILES string of the molecule is CCI(C)(Br)(CC)CC.N. The van der Waals surface area contributed by atoms with Crippen LogP contribution in [0.1, 0.15) is 20.8 Å². The summed E-state index contributed by atoms with van der Waals surface area (Å²) in [6.07, 6.45) is 0. The molecule has 0 aromatic rings. The van der Waals surface area contributed by atoms with E-state index in [1.54, 1.807) is 0 Å². The summed E-state index contributed by atoms with van der Waals surface area (Å²) in [6.45, 7) is 6.95. The van der Waals surface area contributed by atoms with Crippen LogP contribution in [0.15, 0.2) is 0 Å². The number of alkyl halides is 4. The van der Waals surface area contributed by atoms with Crippen LogP contribution in [0.3, 0.4) is 0 Å². The average molecular weight is 326 g/mol. The minimum atomic E-state index is -1.88. The Hall–Kier alpha value is 1.17. The zero-order chi connectivity index (χ0) is 7.57. The Balaban J connectivity index is 0. The summed E-state index contributed by atoms with van der Waals surface area (Å²) >= 11 is 2.09. The van der Waals surface area contributed by atoms with Gasteiger partial charge in [0.1, 0.15) is 0 Å². The molecule has 0 amide bonds. The van der Waals surface area contributed by atoms with Gasteiger partial charge in [-0.15, -0.1) is 0 Å². The molecule has 0 spiro atoms. The number of rotatable bonds is 3. The predicted octanol–water partition coefficient (Wildman–Crippen LogP) is 3.73. The van der Waals surface area contributed by atoms with Gasteiger partial charge in [-0.1, -0.05) is 0 Å². The van der Waals surface area contributed by atoms with Crippen LogP contribution < -0.4 is 6.15 Å². The fourth-order valence-corrected chi connectivity index (χ4v) is 3.80. The van der Waals surface area contributed by atoms with Crippen molar-refractivity contribution >= 4 is 27.5 Å². The maximum absolute atomic E-state index is 3.97. The van der Waals surface area contributed by atoms with Crippen LogP contribution in [0.25, 0.3) is 0 Å². The van der Waals surface area contributed by atoms with E-state index in [9.17, 15) is 0 Å². The van der Waals surface area contributed by atoms with Gasteiger partial charge in [-0.2, -0.15) is 0 Å². The van der Waals surface area contributed by atoms with E-state index < -0.39 is 14.8 Å². The minimum Gasteiger partial charge on any atom is -0.344 e. The third-order valence-electron chi connectivity index (χ3n) is 2.24. The van der Waals surface area contributed by atoms with E-state index in [1.165, 1.54) is 13.3 Å². The van der Waals surface area contributed by atoms with Gasteiger partial charge >= 0.3 is 66.5 Å². The van der Waals surface area contributed by atoms with Gasteiger partial charge in [0.05, 0.1) is 0 Å². The molecule has 0 aliphatic heterocycles. The molecule has 0 rings (SSSR count). The van der Waals surface area contributed by atoms with Crippen LogP contribution in [0, 0.1) is 0 Å². The van der Waals surface area contributed by atoms with Gasteiger partial charge in [-0.25, -0.2) is 0 Å². The van der Waals surface area contributed by atoms with E-state index >= 15 is 0 Å². The van der Waals surface area contributed by atoms with Crippen molar-refractivity contribution in [2.75, 3.05) is 18.2 Å². The zero-order valence-corrected chi connectivity index (χ0v) is 11.3. The normalized spacial score (nSPS) is 15.1. The monoisotopic (exact) mass is 325 g/mol. The largest absolute Gasteiger partial charge is 0.344 e. The predicted molar refractivity (Wildman–Crippen MR) is 65.5 cm³/mol. The second-order valence-corrected chi connectivity index (χ2v) is 30.1. The molecule has 3 N–H and O–H groups in total. The van der Waals surface area contributed by atoms with Crippen molar-refractivity contribution in [2.24, 2.45) is 0 Å². The molecule has 0 aromatic heterocycles. The Bertz CT molecular complexity index is 84.8. The number of halogens is 2. The molecule has 0 radical (unpaired) electrons. The Morgan fingerprint density at radius 3 is 1.20 bits per heavy atom. The number of hydrogen-bond acceptors (Lipinski definition) is 1. The van der Waals surface area contributed by atoms with Gasteiger partial charge in [0.25, 0.3) is 0 Å². The van der Waals surface area contributed by atoms with Gasteiger partial charge in [-0.05, 0) is 0 Å². The van der Waals surface area contributed by atoms with E-state index in [2.05, 4.69) is 38.4 Å². The molecule has 0 heterocycles. The summed E-state index contributed by atoms with van der Waals surface area (Å²) in [6, 6.07) is 0. The molecule has 0 bridgehead atoms. The second-order valence-electron chi connectivity index (χ2n) is 2.62. The molecular weight excluding hydrogens is 305 g/mol. The molecule has 0 aliphatic carbocycles. The molecule has 3 heteroatoms. The summed E-state index contributed by atoms with van der Waals surface area (Å²) in [4.78, 5) is 2.48. The summed E-state index contributed by atoms with van der Waals surface area (Å²) in [5.41, 5.74) is 0. The van der Waals surface area contributed by atoms with Crippen LogP contribution in [0.2, 0.25) is 0 Å². The average Bonchev–Trinajstić information content (AvgIpc) is 1.90. The molecule has 0 saturated heterocycles. The maximum Gasteiger partial charge on any atom is -0.344 e. The van der Waals surface area contributed by atoms with Crippen LogP contribution in [-0.4, -0.2) is 18.2 Å². The summed E-state index contributed by atoms with van der Waals surface area (Å²) in [7, 11) is 0. The Kier molecular flexibility index (Phi) is 5.85. The number of hydrogen-bond donors (Lipinski definition) is 1. The quantitative estimate of drug-likeness (QED) is 0.622. The molecule has 0 aromatic carbocycles. The summed E-state index contributed by atoms with van der Waals surface area (Å²) < 4.78 is 4.16. The summed E-state index contributed by atoms with van der Waals surface area (Å²) in [5.74, 6) is 0. The molecule has 68 valence electrons. The third kappa shape index (κ3) is 3.53. The Morgan fingerprint density at radius 1 is 1.00 bits per heavy atom. The first-order valence-electron chi connectivity index (χ1n) is 3.44. The molecule has 0 saturated carbocycles. The van der Waals surface area contributed by atoms with Crippen LogP contribution in [0.4, 0.5) is 0 Å². The topological polar surface area (TPSA) is 35.0 Å². The van der Waals surface area contributed by atoms with E-state index in [-0.39, 0.29) is 6.15 Å². The summed E-state index contributed by atoms with van der Waals surface area (Å²) in [5, 5.41) is 0. The van der Waals surface area contributed by atoms with E-state index in [0.29, 0.717) is 0 Å². The van der Waals surface area contributed by atoms with Crippen molar-refractivity contribution in [1.29, 1.82) is 0 Å². The first kappa shape index (κ1) is 13.7. The molecule has 0 atom stereocenters. The zero-order valence-electron chi connectivity index (χ0n) is 7.58. The Labute approximate surface area is 72.3 Å². The van der Waals surface area contributed by atoms with Crippen LogP contribution in [0.5, 0.6) is 0 Å². The smallest absolute Gasteiger partial charge is 0.344 e. The first-order chi connectivity index (χ1) is 3.96. The fraction of sp³-hybridized carbons (Fsp3) is 1.00. The van der Waals surface area contributed by atoms with Crippen molar-refractivity contribution in [2.45, 2.75) is 20.8 Å². The molecule has 0 fully saturated rings. The van der Waals surface area contributed by atoms with Crippen LogP contribution >= 0.6 is 27.5 Å².